The first kappa shape index (κ1) is 23.5. The molecule has 0 radical (unpaired) electrons. The third-order valence-corrected chi connectivity index (χ3v) is 6.26. The molecule has 2 aliphatic heterocycles. The van der Waals surface area contributed by atoms with Crippen LogP contribution in [0.1, 0.15) is 36.0 Å². The van der Waals surface area contributed by atoms with Crippen molar-refractivity contribution in [2.75, 3.05) is 41.3 Å². The zero-order valence-corrected chi connectivity index (χ0v) is 19.2. The predicted octanol–water partition coefficient (Wildman–Crippen LogP) is 5.48. The molecule has 11 heteroatoms. The van der Waals surface area contributed by atoms with Crippen LogP contribution >= 0.6 is 15.9 Å². The molecular weight excluding hydrogens is 506 g/mol. The Kier molecular flexibility index (Phi) is 6.87. The zero-order chi connectivity index (χ0) is 23.6. The van der Waals surface area contributed by atoms with E-state index in [1.165, 1.54) is 0 Å². The molecule has 0 spiro atoms. The molecule has 0 atom stereocenters. The number of rotatable bonds is 4. The second-order valence-electron chi connectivity index (χ2n) is 8.03. The van der Waals surface area contributed by atoms with E-state index in [1.54, 1.807) is 35.2 Å². The van der Waals surface area contributed by atoms with Crippen LogP contribution in [0.2, 0.25) is 0 Å². The number of amides is 1. The molecule has 2 saturated heterocycles. The molecule has 0 bridgehead atoms. The van der Waals surface area contributed by atoms with Gasteiger partial charge in [-0.25, -0.2) is 18.7 Å². The van der Waals surface area contributed by atoms with Crippen molar-refractivity contribution in [2.45, 2.75) is 31.6 Å². The molecule has 176 valence electrons. The predicted molar refractivity (Wildman–Crippen MR) is 121 cm³/mol. The number of hydrogen-bond acceptors (Lipinski definition) is 5. The normalized spacial score (nSPS) is 18.3. The van der Waals surface area contributed by atoms with E-state index in [2.05, 4.69) is 31.2 Å². The summed E-state index contributed by atoms with van der Waals surface area (Å²) in [6, 6.07) is 8.28. The van der Waals surface area contributed by atoms with Gasteiger partial charge in [0.25, 0.3) is 17.9 Å². The Morgan fingerprint density at radius 2 is 1.67 bits per heavy atom. The highest BCUT2D eigenvalue weighted by Gasteiger charge is 2.34. The summed E-state index contributed by atoms with van der Waals surface area (Å²) in [5.41, 5.74) is 0.417. The van der Waals surface area contributed by atoms with Gasteiger partial charge in [0.1, 0.15) is 22.1 Å². The highest BCUT2D eigenvalue weighted by atomic mass is 79.9. The van der Waals surface area contributed by atoms with Gasteiger partial charge in [-0.05, 0) is 58.6 Å². The van der Waals surface area contributed by atoms with E-state index in [9.17, 15) is 22.4 Å². The summed E-state index contributed by atoms with van der Waals surface area (Å²) in [5, 5.41) is 2.74. The lowest BCUT2D eigenvalue weighted by Gasteiger charge is -2.32. The quantitative estimate of drug-likeness (QED) is 0.421. The fourth-order valence-corrected chi connectivity index (χ4v) is 4.24. The number of nitrogens with one attached hydrogen (secondary N) is 1. The van der Waals surface area contributed by atoms with Crippen LogP contribution in [0.5, 0.6) is 0 Å². The number of piperidine rings is 2. The lowest BCUT2D eigenvalue weighted by molar-refractivity contribution is -0.0221. The van der Waals surface area contributed by atoms with Crippen molar-refractivity contribution in [3.05, 3.63) is 52.2 Å². The molecule has 33 heavy (non-hydrogen) atoms. The Bertz CT molecular complexity index is 1060. The van der Waals surface area contributed by atoms with Crippen LogP contribution in [0.15, 0.2) is 46.6 Å². The number of anilines is 3. The van der Waals surface area contributed by atoms with Crippen LogP contribution in [0.4, 0.5) is 35.0 Å². The van der Waals surface area contributed by atoms with Gasteiger partial charge in [-0.2, -0.15) is 8.78 Å². The summed E-state index contributed by atoms with van der Waals surface area (Å²) < 4.78 is 53.2. The number of carbonyl (C=O) groups is 1. The SMILES string of the molecule is O=C(Nc1cccc(N2CCC(F)(F)CC2)n1)c1ccc(Br)nc1N1CCC(=C(F)F)CC1. The highest BCUT2D eigenvalue weighted by molar-refractivity contribution is 9.10. The van der Waals surface area contributed by atoms with Crippen LogP contribution in [0, 0.1) is 0 Å². The molecule has 2 aliphatic rings. The minimum atomic E-state index is -2.66. The molecule has 4 rings (SSSR count). The number of nitrogens with zero attached hydrogens (tertiary/aromatic N) is 4. The summed E-state index contributed by atoms with van der Waals surface area (Å²) in [6.45, 7) is 1.01. The van der Waals surface area contributed by atoms with Crippen molar-refractivity contribution < 1.29 is 22.4 Å². The van der Waals surface area contributed by atoms with Crippen molar-refractivity contribution in [1.82, 2.24) is 9.97 Å². The molecular formula is C22H22BrF4N5O. The Hall–Kier alpha value is -2.69. The Morgan fingerprint density at radius 3 is 2.33 bits per heavy atom. The summed E-state index contributed by atoms with van der Waals surface area (Å²) in [4.78, 5) is 25.5. The average molecular weight is 528 g/mol. The zero-order valence-electron chi connectivity index (χ0n) is 17.6. The first-order valence-corrected chi connectivity index (χ1v) is 11.4. The van der Waals surface area contributed by atoms with Crippen LogP contribution in [0.25, 0.3) is 0 Å². The van der Waals surface area contributed by atoms with Crippen molar-refractivity contribution in [3.8, 4) is 0 Å². The molecule has 2 aromatic rings. The number of alkyl halides is 2. The largest absolute Gasteiger partial charge is 0.356 e. The third kappa shape index (κ3) is 5.63. The van der Waals surface area contributed by atoms with Gasteiger partial charge in [0.15, 0.2) is 0 Å². The van der Waals surface area contributed by atoms with Gasteiger partial charge >= 0.3 is 0 Å². The topological polar surface area (TPSA) is 61.4 Å². The number of halogens is 5. The van der Waals surface area contributed by atoms with E-state index in [0.29, 0.717) is 29.3 Å². The lowest BCUT2D eigenvalue weighted by Crippen LogP contribution is -2.39. The van der Waals surface area contributed by atoms with Crippen molar-refractivity contribution in [1.29, 1.82) is 0 Å². The van der Waals surface area contributed by atoms with E-state index in [1.807, 2.05) is 4.90 Å². The summed E-state index contributed by atoms with van der Waals surface area (Å²) in [5.74, 6) is -1.91. The van der Waals surface area contributed by atoms with Crippen molar-refractivity contribution in [2.24, 2.45) is 0 Å². The minimum absolute atomic E-state index is 0.128. The lowest BCUT2D eigenvalue weighted by atomic mass is 10.0. The van der Waals surface area contributed by atoms with Gasteiger partial charge < -0.3 is 15.1 Å². The molecule has 0 saturated carbocycles. The van der Waals surface area contributed by atoms with Gasteiger partial charge in [-0.15, -0.1) is 0 Å². The van der Waals surface area contributed by atoms with Gasteiger partial charge in [0.2, 0.25) is 0 Å². The third-order valence-electron chi connectivity index (χ3n) is 5.81. The smallest absolute Gasteiger partial charge is 0.269 e. The van der Waals surface area contributed by atoms with Crippen LogP contribution in [0.3, 0.4) is 0 Å². The molecule has 6 nitrogen and oxygen atoms in total. The number of aromatic nitrogens is 2. The fraction of sp³-hybridized carbons (Fsp3) is 0.409. The second kappa shape index (κ2) is 9.66. The minimum Gasteiger partial charge on any atom is -0.356 e. The fourth-order valence-electron chi connectivity index (χ4n) is 3.94. The molecule has 1 N–H and O–H groups in total. The van der Waals surface area contributed by atoms with Gasteiger partial charge in [0.05, 0.1) is 5.56 Å². The van der Waals surface area contributed by atoms with E-state index in [0.717, 1.165) is 0 Å². The first-order chi connectivity index (χ1) is 15.7. The molecule has 2 aromatic heterocycles. The molecule has 1 amide bonds. The van der Waals surface area contributed by atoms with E-state index >= 15 is 0 Å². The van der Waals surface area contributed by atoms with Crippen LogP contribution in [-0.4, -0.2) is 48.0 Å². The number of carbonyl (C=O) groups excluding carboxylic acids is 1. The number of pyridine rings is 2. The van der Waals surface area contributed by atoms with Crippen LogP contribution in [-0.2, 0) is 0 Å². The van der Waals surface area contributed by atoms with Crippen molar-refractivity contribution in [3.63, 3.8) is 0 Å². The van der Waals surface area contributed by atoms with Gasteiger partial charge in [-0.3, -0.25) is 4.79 Å². The maximum absolute atomic E-state index is 13.5. The molecule has 4 heterocycles. The van der Waals surface area contributed by atoms with E-state index in [-0.39, 0.29) is 55.7 Å². The summed E-state index contributed by atoms with van der Waals surface area (Å²) in [7, 11) is 0. The monoisotopic (exact) mass is 527 g/mol. The van der Waals surface area contributed by atoms with E-state index < -0.39 is 17.9 Å². The Labute approximate surface area is 196 Å². The molecule has 2 fully saturated rings. The molecule has 0 aromatic carbocycles. The summed E-state index contributed by atoms with van der Waals surface area (Å²) in [6.07, 6.45) is -1.71. The Balaban J connectivity index is 1.50. The molecule has 0 aliphatic carbocycles. The Morgan fingerprint density at radius 1 is 0.970 bits per heavy atom. The maximum Gasteiger partial charge on any atom is 0.269 e. The van der Waals surface area contributed by atoms with Crippen LogP contribution < -0.4 is 15.1 Å². The standard InChI is InChI=1S/C22H22BrF4N5O/c23-16-5-4-15(20(28-16)32-10-6-14(7-11-32)19(24)25)21(33)30-17-2-1-3-18(29-17)31-12-8-22(26,27)9-13-31/h1-5H,6-13H2,(H,29,30,33). The average Bonchev–Trinajstić information content (AvgIpc) is 2.79. The first-order valence-electron chi connectivity index (χ1n) is 10.6. The van der Waals surface area contributed by atoms with Crippen molar-refractivity contribution >= 4 is 39.3 Å². The van der Waals surface area contributed by atoms with E-state index in [4.69, 9.17) is 0 Å². The van der Waals surface area contributed by atoms with Gasteiger partial charge in [-0.1, -0.05) is 6.07 Å². The second-order valence-corrected chi connectivity index (χ2v) is 8.85. The summed E-state index contributed by atoms with van der Waals surface area (Å²) >= 11 is 3.31. The molecule has 0 unspecified atom stereocenters. The highest BCUT2D eigenvalue weighted by Crippen LogP contribution is 2.31. The maximum atomic E-state index is 13.5. The van der Waals surface area contributed by atoms with Gasteiger partial charge in [0, 0.05) is 39.0 Å². The number of hydrogen-bond donors (Lipinski definition) is 1.